The van der Waals surface area contributed by atoms with Gasteiger partial charge in [-0.15, -0.1) is 11.3 Å². The Morgan fingerprint density at radius 3 is 2.79 bits per heavy atom. The van der Waals surface area contributed by atoms with Gasteiger partial charge in [-0.25, -0.2) is 13.4 Å². The van der Waals surface area contributed by atoms with E-state index in [0.29, 0.717) is 37.5 Å². The molecular formula is C18H19ClN4O4S2. The number of thiazole rings is 1. The van der Waals surface area contributed by atoms with E-state index in [9.17, 15) is 13.5 Å². The van der Waals surface area contributed by atoms with Crippen molar-refractivity contribution in [1.82, 2.24) is 13.7 Å². The van der Waals surface area contributed by atoms with E-state index >= 15 is 0 Å². The summed E-state index contributed by atoms with van der Waals surface area (Å²) in [5.74, 6) is 0. The van der Waals surface area contributed by atoms with Crippen LogP contribution in [0.1, 0.15) is 18.4 Å². The van der Waals surface area contributed by atoms with E-state index in [1.165, 1.54) is 20.0 Å². The quantitative estimate of drug-likeness (QED) is 0.654. The van der Waals surface area contributed by atoms with Crippen LogP contribution in [-0.4, -0.2) is 52.8 Å². The van der Waals surface area contributed by atoms with Gasteiger partial charge >= 0.3 is 0 Å². The molecular weight excluding hydrogens is 436 g/mol. The molecule has 1 fully saturated rings. The fraction of sp³-hybridized carbons (Fsp3) is 0.389. The molecule has 0 spiro atoms. The molecule has 29 heavy (non-hydrogen) atoms. The highest BCUT2D eigenvalue weighted by Gasteiger charge is 2.38. The standard InChI is InChI=1S/C18H19ClN4O4S2/c19-15-16(22-9-10-28-17(22)20-15)29(25,26)21-7-5-13(6-8-21)23-14-4-2-1-3-12(14)11-27-18(23)24/h1-4,9-10,13,18,24H,5-8,11H2. The van der Waals surface area contributed by atoms with Crippen molar-refractivity contribution in [1.29, 1.82) is 0 Å². The van der Waals surface area contributed by atoms with Gasteiger partial charge in [0.15, 0.2) is 15.1 Å². The lowest BCUT2D eigenvalue weighted by Gasteiger charge is -2.43. The first-order chi connectivity index (χ1) is 14.0. The largest absolute Gasteiger partial charge is 0.351 e. The first-order valence-electron chi connectivity index (χ1n) is 9.24. The Labute approximate surface area is 177 Å². The summed E-state index contributed by atoms with van der Waals surface area (Å²) < 4.78 is 34.9. The van der Waals surface area contributed by atoms with E-state index in [-0.39, 0.29) is 16.2 Å². The van der Waals surface area contributed by atoms with Crippen LogP contribution in [0.5, 0.6) is 0 Å². The second kappa shape index (κ2) is 7.22. The number of hydrogen-bond donors (Lipinski definition) is 1. The Morgan fingerprint density at radius 1 is 1.24 bits per heavy atom. The normalized spacial score (nSPS) is 21.6. The highest BCUT2D eigenvalue weighted by molar-refractivity contribution is 7.89. The average Bonchev–Trinajstić information content (AvgIpc) is 3.28. The number of ether oxygens (including phenoxy) is 1. The SMILES string of the molecule is O=S(=O)(c1c(Cl)nc2sccn12)N1CCC(N2c3ccccc3COC2O)CC1. The van der Waals surface area contributed by atoms with E-state index in [1.54, 1.807) is 11.6 Å². The van der Waals surface area contributed by atoms with Crippen molar-refractivity contribution in [3.63, 3.8) is 0 Å². The number of benzene rings is 1. The lowest BCUT2D eigenvalue weighted by atomic mass is 10.0. The van der Waals surface area contributed by atoms with E-state index in [2.05, 4.69) is 4.98 Å². The molecule has 0 saturated carbocycles. The van der Waals surface area contributed by atoms with Crippen molar-refractivity contribution in [2.75, 3.05) is 18.0 Å². The summed E-state index contributed by atoms with van der Waals surface area (Å²) in [5, 5.41) is 12.2. The van der Waals surface area contributed by atoms with Gasteiger partial charge in [-0.2, -0.15) is 4.31 Å². The van der Waals surface area contributed by atoms with Gasteiger partial charge in [-0.1, -0.05) is 29.8 Å². The maximum Gasteiger partial charge on any atom is 0.262 e. The fourth-order valence-corrected chi connectivity index (χ4v) is 6.95. The predicted octanol–water partition coefficient (Wildman–Crippen LogP) is 2.52. The van der Waals surface area contributed by atoms with Crippen LogP contribution in [0.15, 0.2) is 40.9 Å². The summed E-state index contributed by atoms with van der Waals surface area (Å²) in [6.45, 7) is 1.01. The molecule has 0 aliphatic carbocycles. The maximum atomic E-state index is 13.2. The van der Waals surface area contributed by atoms with Crippen molar-refractivity contribution in [3.05, 3.63) is 46.6 Å². The number of rotatable bonds is 3. The molecule has 3 aromatic rings. The highest BCUT2D eigenvalue weighted by atomic mass is 35.5. The van der Waals surface area contributed by atoms with Crippen LogP contribution in [-0.2, 0) is 21.4 Å². The number of aromatic nitrogens is 2. The summed E-state index contributed by atoms with van der Waals surface area (Å²) in [7, 11) is -3.78. The average molecular weight is 455 g/mol. The van der Waals surface area contributed by atoms with Crippen LogP contribution in [0.25, 0.3) is 4.96 Å². The molecule has 2 aliphatic heterocycles. The number of fused-ring (bicyclic) bond motifs is 2. The maximum absolute atomic E-state index is 13.2. The van der Waals surface area contributed by atoms with Crippen molar-refractivity contribution in [2.24, 2.45) is 0 Å². The van der Waals surface area contributed by atoms with Gasteiger partial charge in [0, 0.05) is 42.0 Å². The van der Waals surface area contributed by atoms with E-state index in [4.69, 9.17) is 16.3 Å². The zero-order chi connectivity index (χ0) is 20.2. The Morgan fingerprint density at radius 2 is 2.00 bits per heavy atom. The fourth-order valence-electron chi connectivity index (χ4n) is 4.08. The Hall–Kier alpha value is -1.69. The monoisotopic (exact) mass is 454 g/mol. The van der Waals surface area contributed by atoms with Gasteiger partial charge in [-0.3, -0.25) is 4.40 Å². The minimum Gasteiger partial charge on any atom is -0.351 e. The van der Waals surface area contributed by atoms with Crippen LogP contribution in [0.2, 0.25) is 5.15 Å². The van der Waals surface area contributed by atoms with Crippen LogP contribution in [0, 0.1) is 0 Å². The van der Waals surface area contributed by atoms with Crippen molar-refractivity contribution < 1.29 is 18.3 Å². The lowest BCUT2D eigenvalue weighted by Crippen LogP contribution is -2.52. The zero-order valence-electron chi connectivity index (χ0n) is 15.3. The van der Waals surface area contributed by atoms with Gasteiger partial charge in [-0.05, 0) is 18.9 Å². The van der Waals surface area contributed by atoms with Crippen LogP contribution in [0.4, 0.5) is 5.69 Å². The molecule has 1 atom stereocenters. The molecule has 154 valence electrons. The lowest BCUT2D eigenvalue weighted by molar-refractivity contribution is -0.121. The molecule has 8 nitrogen and oxygen atoms in total. The molecule has 1 aromatic carbocycles. The van der Waals surface area contributed by atoms with E-state index in [0.717, 1.165) is 11.3 Å². The van der Waals surface area contributed by atoms with E-state index in [1.807, 2.05) is 29.2 Å². The predicted molar refractivity (Wildman–Crippen MR) is 110 cm³/mol. The first kappa shape index (κ1) is 19.3. The van der Waals surface area contributed by atoms with Crippen molar-refractivity contribution in [3.8, 4) is 0 Å². The number of halogens is 1. The van der Waals surface area contributed by atoms with Gasteiger partial charge < -0.3 is 14.7 Å². The third-order valence-corrected chi connectivity index (χ3v) is 8.53. The summed E-state index contributed by atoms with van der Waals surface area (Å²) in [4.78, 5) is 6.54. The second-order valence-electron chi connectivity index (χ2n) is 7.07. The topological polar surface area (TPSA) is 87.4 Å². The molecule has 11 heteroatoms. The first-order valence-corrected chi connectivity index (χ1v) is 11.9. The van der Waals surface area contributed by atoms with Gasteiger partial charge in [0.25, 0.3) is 10.0 Å². The minimum absolute atomic E-state index is 0.00671. The summed E-state index contributed by atoms with van der Waals surface area (Å²) in [6.07, 6.45) is 1.76. The number of hydrogen-bond acceptors (Lipinski definition) is 7. The molecule has 1 N–H and O–H groups in total. The van der Waals surface area contributed by atoms with Gasteiger partial charge in [0.2, 0.25) is 6.41 Å². The number of imidazole rings is 1. The highest BCUT2D eigenvalue weighted by Crippen LogP contribution is 2.35. The molecule has 5 rings (SSSR count). The second-order valence-corrected chi connectivity index (χ2v) is 10.2. The van der Waals surface area contributed by atoms with Gasteiger partial charge in [0.05, 0.1) is 6.61 Å². The Kier molecular flexibility index (Phi) is 4.80. The molecule has 1 unspecified atom stereocenters. The number of anilines is 1. The number of nitrogens with zero attached hydrogens (tertiary/aromatic N) is 4. The molecule has 1 saturated heterocycles. The van der Waals surface area contributed by atoms with Crippen molar-refractivity contribution >= 4 is 43.6 Å². The zero-order valence-corrected chi connectivity index (χ0v) is 17.7. The molecule has 0 radical (unpaired) electrons. The molecule has 4 heterocycles. The van der Waals surface area contributed by atoms with Crippen LogP contribution in [0.3, 0.4) is 0 Å². The number of piperidine rings is 1. The third kappa shape index (κ3) is 3.15. The number of sulfonamides is 1. The molecule has 2 aromatic heterocycles. The number of aliphatic hydroxyl groups is 1. The Bertz CT molecular complexity index is 1150. The smallest absolute Gasteiger partial charge is 0.262 e. The van der Waals surface area contributed by atoms with Crippen LogP contribution < -0.4 is 4.90 Å². The number of para-hydroxylation sites is 1. The molecule has 0 amide bonds. The summed E-state index contributed by atoms with van der Waals surface area (Å²) >= 11 is 7.48. The summed E-state index contributed by atoms with van der Waals surface area (Å²) in [6, 6.07) is 7.77. The Balaban J connectivity index is 1.38. The van der Waals surface area contributed by atoms with Crippen molar-refractivity contribution in [2.45, 2.75) is 36.9 Å². The van der Waals surface area contributed by atoms with E-state index < -0.39 is 16.4 Å². The van der Waals surface area contributed by atoms with Crippen LogP contribution >= 0.6 is 22.9 Å². The third-order valence-electron chi connectivity index (χ3n) is 5.48. The number of aliphatic hydroxyl groups excluding tert-OH is 1. The van der Waals surface area contributed by atoms with Gasteiger partial charge in [0.1, 0.15) is 0 Å². The molecule has 2 aliphatic rings. The minimum atomic E-state index is -3.78. The molecule has 0 bridgehead atoms. The summed E-state index contributed by atoms with van der Waals surface area (Å²) in [5.41, 5.74) is 1.95.